The maximum absolute atomic E-state index is 3.59. The van der Waals surface area contributed by atoms with Gasteiger partial charge in [0.15, 0.2) is 0 Å². The van der Waals surface area contributed by atoms with Gasteiger partial charge in [-0.3, -0.25) is 0 Å². The number of hydrogen-bond acceptors (Lipinski definition) is 2. The molecule has 1 aromatic carbocycles. The molecule has 2 aliphatic rings. The summed E-state index contributed by atoms with van der Waals surface area (Å²) in [7, 11) is 0. The van der Waals surface area contributed by atoms with Crippen molar-refractivity contribution in [1.29, 1.82) is 0 Å². The molecule has 0 bridgehead atoms. The van der Waals surface area contributed by atoms with E-state index in [0.29, 0.717) is 5.41 Å². The average Bonchev–Trinajstić information content (AvgIpc) is 2.74. The number of nitrogens with one attached hydrogen (secondary N) is 2. The average molecular weight is 230 g/mol. The fraction of sp³-hybridized carbons (Fsp3) is 0.600. The zero-order valence-corrected chi connectivity index (χ0v) is 10.8. The third kappa shape index (κ3) is 2.38. The highest BCUT2D eigenvalue weighted by Gasteiger charge is 2.44. The van der Waals surface area contributed by atoms with E-state index in [0.717, 1.165) is 25.6 Å². The maximum Gasteiger partial charge on any atom is 0.0212 e. The molecule has 1 aliphatic carbocycles. The van der Waals surface area contributed by atoms with Gasteiger partial charge in [0.05, 0.1) is 0 Å². The van der Waals surface area contributed by atoms with Crippen LogP contribution in [-0.4, -0.2) is 6.54 Å². The van der Waals surface area contributed by atoms with E-state index in [4.69, 9.17) is 0 Å². The predicted molar refractivity (Wildman–Crippen MR) is 70.6 cm³/mol. The monoisotopic (exact) mass is 230 g/mol. The van der Waals surface area contributed by atoms with Gasteiger partial charge in [-0.2, -0.15) is 0 Å². The minimum atomic E-state index is 0.592. The van der Waals surface area contributed by atoms with Crippen molar-refractivity contribution >= 4 is 0 Å². The fourth-order valence-electron chi connectivity index (χ4n) is 2.77. The summed E-state index contributed by atoms with van der Waals surface area (Å²) in [6.45, 7) is 8.99. The van der Waals surface area contributed by atoms with Gasteiger partial charge in [-0.25, -0.2) is 0 Å². The Labute approximate surface area is 104 Å². The van der Waals surface area contributed by atoms with Gasteiger partial charge in [-0.05, 0) is 41.0 Å². The van der Waals surface area contributed by atoms with Crippen LogP contribution in [0.15, 0.2) is 18.2 Å². The van der Waals surface area contributed by atoms with Crippen LogP contribution in [0.4, 0.5) is 0 Å². The fourth-order valence-corrected chi connectivity index (χ4v) is 2.77. The molecule has 1 atom stereocenters. The van der Waals surface area contributed by atoms with Crippen molar-refractivity contribution in [3.63, 3.8) is 0 Å². The quantitative estimate of drug-likeness (QED) is 0.830. The largest absolute Gasteiger partial charge is 0.312 e. The Hall–Kier alpha value is -0.860. The van der Waals surface area contributed by atoms with Crippen molar-refractivity contribution in [2.24, 2.45) is 11.3 Å². The first-order chi connectivity index (χ1) is 8.15. The molecule has 1 heterocycles. The standard InChI is InChI=1S/C15H22N2/c1-15(2)6-14(15)10-16-7-11-3-4-12-8-17-9-13(12)5-11/h3-5,14,16-17H,6-10H2,1-2H3. The summed E-state index contributed by atoms with van der Waals surface area (Å²) in [5.41, 5.74) is 4.97. The molecule has 1 saturated carbocycles. The lowest BCUT2D eigenvalue weighted by Crippen LogP contribution is -2.18. The Bertz CT molecular complexity index is 423. The summed E-state index contributed by atoms with van der Waals surface area (Å²) in [6.07, 6.45) is 1.38. The zero-order valence-electron chi connectivity index (χ0n) is 10.8. The molecule has 2 heteroatoms. The van der Waals surface area contributed by atoms with E-state index in [9.17, 15) is 0 Å². The van der Waals surface area contributed by atoms with Gasteiger partial charge >= 0.3 is 0 Å². The first-order valence-corrected chi connectivity index (χ1v) is 6.67. The van der Waals surface area contributed by atoms with Gasteiger partial charge in [-0.15, -0.1) is 0 Å². The second-order valence-corrected chi connectivity index (χ2v) is 6.23. The molecule has 0 radical (unpaired) electrons. The SMILES string of the molecule is CC1(C)CC1CNCc1ccc2c(c1)CNC2. The molecule has 2 nitrogen and oxygen atoms in total. The van der Waals surface area contributed by atoms with E-state index in [1.807, 2.05) is 0 Å². The van der Waals surface area contributed by atoms with E-state index in [-0.39, 0.29) is 0 Å². The van der Waals surface area contributed by atoms with Crippen LogP contribution in [0.25, 0.3) is 0 Å². The zero-order chi connectivity index (χ0) is 11.9. The second-order valence-electron chi connectivity index (χ2n) is 6.23. The van der Waals surface area contributed by atoms with E-state index < -0.39 is 0 Å². The lowest BCUT2D eigenvalue weighted by molar-refractivity contribution is 0.519. The Kier molecular flexibility index (Phi) is 2.72. The maximum atomic E-state index is 3.59. The summed E-state index contributed by atoms with van der Waals surface area (Å²) in [5, 5.41) is 6.98. The highest BCUT2D eigenvalue weighted by atomic mass is 14.9. The topological polar surface area (TPSA) is 24.1 Å². The summed E-state index contributed by atoms with van der Waals surface area (Å²) in [4.78, 5) is 0. The molecule has 2 N–H and O–H groups in total. The molecule has 1 aromatic rings. The van der Waals surface area contributed by atoms with E-state index in [2.05, 4.69) is 42.7 Å². The van der Waals surface area contributed by atoms with Gasteiger partial charge in [0.25, 0.3) is 0 Å². The van der Waals surface area contributed by atoms with Crippen LogP contribution in [-0.2, 0) is 19.6 Å². The van der Waals surface area contributed by atoms with Crippen LogP contribution in [0.2, 0.25) is 0 Å². The first kappa shape index (κ1) is 11.2. The smallest absolute Gasteiger partial charge is 0.0212 e. The second kappa shape index (κ2) is 4.11. The van der Waals surface area contributed by atoms with Crippen molar-refractivity contribution in [2.45, 2.75) is 39.9 Å². The van der Waals surface area contributed by atoms with Crippen LogP contribution in [0.3, 0.4) is 0 Å². The Morgan fingerprint density at radius 3 is 2.82 bits per heavy atom. The van der Waals surface area contributed by atoms with Crippen LogP contribution in [0, 0.1) is 11.3 Å². The van der Waals surface area contributed by atoms with Gasteiger partial charge in [-0.1, -0.05) is 32.0 Å². The van der Waals surface area contributed by atoms with Crippen LogP contribution < -0.4 is 10.6 Å². The first-order valence-electron chi connectivity index (χ1n) is 6.67. The Morgan fingerprint density at radius 1 is 1.29 bits per heavy atom. The molecule has 1 aliphatic heterocycles. The number of fused-ring (bicyclic) bond motifs is 1. The van der Waals surface area contributed by atoms with Crippen LogP contribution in [0.1, 0.15) is 37.0 Å². The molecule has 1 fully saturated rings. The van der Waals surface area contributed by atoms with Crippen molar-refractivity contribution < 1.29 is 0 Å². The van der Waals surface area contributed by atoms with Crippen molar-refractivity contribution in [1.82, 2.24) is 10.6 Å². The highest BCUT2D eigenvalue weighted by Crippen LogP contribution is 2.50. The molecule has 1 unspecified atom stereocenters. The molecular formula is C15H22N2. The lowest BCUT2D eigenvalue weighted by atomic mass is 10.1. The minimum absolute atomic E-state index is 0.592. The molecule has 0 amide bonds. The third-order valence-electron chi connectivity index (χ3n) is 4.34. The minimum Gasteiger partial charge on any atom is -0.312 e. The molecule has 92 valence electrons. The molecular weight excluding hydrogens is 208 g/mol. The Balaban J connectivity index is 1.52. The third-order valence-corrected chi connectivity index (χ3v) is 4.34. The van der Waals surface area contributed by atoms with E-state index in [1.165, 1.54) is 29.7 Å². The van der Waals surface area contributed by atoms with Crippen molar-refractivity contribution in [3.05, 3.63) is 34.9 Å². The molecule has 0 saturated heterocycles. The van der Waals surface area contributed by atoms with E-state index >= 15 is 0 Å². The summed E-state index contributed by atoms with van der Waals surface area (Å²) in [6, 6.07) is 6.88. The number of rotatable bonds is 4. The Morgan fingerprint density at radius 2 is 2.06 bits per heavy atom. The summed E-state index contributed by atoms with van der Waals surface area (Å²) in [5.74, 6) is 0.888. The summed E-state index contributed by atoms with van der Waals surface area (Å²) < 4.78 is 0. The highest BCUT2D eigenvalue weighted by molar-refractivity contribution is 5.34. The molecule has 0 aromatic heterocycles. The van der Waals surface area contributed by atoms with Crippen molar-refractivity contribution in [3.8, 4) is 0 Å². The van der Waals surface area contributed by atoms with Gasteiger partial charge in [0.2, 0.25) is 0 Å². The van der Waals surface area contributed by atoms with Crippen LogP contribution in [0.5, 0.6) is 0 Å². The van der Waals surface area contributed by atoms with Crippen LogP contribution >= 0.6 is 0 Å². The molecule has 17 heavy (non-hydrogen) atoms. The van der Waals surface area contributed by atoms with Gasteiger partial charge in [0, 0.05) is 19.6 Å². The number of hydrogen-bond donors (Lipinski definition) is 2. The lowest BCUT2D eigenvalue weighted by Gasteiger charge is -2.07. The summed E-state index contributed by atoms with van der Waals surface area (Å²) >= 11 is 0. The predicted octanol–water partition coefficient (Wildman–Crippen LogP) is 2.43. The van der Waals surface area contributed by atoms with Gasteiger partial charge in [0.1, 0.15) is 0 Å². The number of benzene rings is 1. The van der Waals surface area contributed by atoms with Crippen molar-refractivity contribution in [2.75, 3.05) is 6.54 Å². The van der Waals surface area contributed by atoms with Gasteiger partial charge < -0.3 is 10.6 Å². The normalized spacial score (nSPS) is 24.7. The molecule has 0 spiro atoms. The van der Waals surface area contributed by atoms with E-state index in [1.54, 1.807) is 0 Å². The molecule has 3 rings (SSSR count).